The van der Waals surface area contributed by atoms with E-state index in [2.05, 4.69) is 15.3 Å². The summed E-state index contributed by atoms with van der Waals surface area (Å²) in [6.45, 7) is 0. The lowest BCUT2D eigenvalue weighted by atomic mass is 10.0. The number of carbonyl (C=O) groups excluding carboxylic acids is 2. The van der Waals surface area contributed by atoms with Crippen molar-refractivity contribution in [2.45, 2.75) is 6.04 Å². The number of anilines is 1. The van der Waals surface area contributed by atoms with Crippen LogP contribution in [0.15, 0.2) is 54.2 Å². The van der Waals surface area contributed by atoms with E-state index in [1.165, 1.54) is 34.7 Å². The van der Waals surface area contributed by atoms with Crippen LogP contribution in [-0.4, -0.2) is 21.9 Å². The average Bonchev–Trinajstić information content (AvgIpc) is 3.40. The Balaban J connectivity index is 1.57. The number of nitrogens with one attached hydrogen (secondary N) is 2. The van der Waals surface area contributed by atoms with E-state index in [-0.39, 0.29) is 5.56 Å². The summed E-state index contributed by atoms with van der Waals surface area (Å²) in [5, 5.41) is 4.10. The molecule has 0 spiro atoms. The fraction of sp³-hybridized carbons (Fsp3) is 0.0500. The van der Waals surface area contributed by atoms with Gasteiger partial charge >= 0.3 is 6.03 Å². The predicted octanol–water partition coefficient (Wildman–Crippen LogP) is 4.88. The van der Waals surface area contributed by atoms with Gasteiger partial charge in [-0.3, -0.25) is 15.0 Å². The number of hydrogen-bond donors (Lipinski definition) is 2. The largest absolute Gasteiger partial charge is 0.345 e. The van der Waals surface area contributed by atoms with E-state index in [1.807, 2.05) is 5.38 Å². The minimum atomic E-state index is -1.11. The molecule has 9 heteroatoms. The van der Waals surface area contributed by atoms with Crippen LogP contribution in [0.2, 0.25) is 4.34 Å². The van der Waals surface area contributed by atoms with E-state index in [0.717, 1.165) is 11.1 Å². The zero-order valence-corrected chi connectivity index (χ0v) is 16.2. The molecular formula is C20H12ClFN4O2S. The van der Waals surface area contributed by atoms with Gasteiger partial charge in [0.05, 0.1) is 21.7 Å². The van der Waals surface area contributed by atoms with Crippen LogP contribution in [0, 0.1) is 5.82 Å². The van der Waals surface area contributed by atoms with Crippen molar-refractivity contribution in [1.82, 2.24) is 15.3 Å². The summed E-state index contributed by atoms with van der Waals surface area (Å²) in [6, 6.07) is 9.73. The number of halogens is 2. The van der Waals surface area contributed by atoms with Crippen LogP contribution < -0.4 is 10.2 Å². The van der Waals surface area contributed by atoms with Gasteiger partial charge in [0.25, 0.3) is 5.91 Å². The number of benzene rings is 2. The molecule has 3 heterocycles. The van der Waals surface area contributed by atoms with E-state index >= 15 is 4.39 Å². The normalized spacial score (nSPS) is 16.6. The predicted molar refractivity (Wildman–Crippen MR) is 110 cm³/mol. The van der Waals surface area contributed by atoms with Gasteiger partial charge in [0.2, 0.25) is 0 Å². The number of H-pyrrole nitrogens is 1. The van der Waals surface area contributed by atoms with Gasteiger partial charge in [0, 0.05) is 16.6 Å². The van der Waals surface area contributed by atoms with Crippen LogP contribution in [0.25, 0.3) is 22.2 Å². The number of imide groups is 1. The molecular weight excluding hydrogens is 415 g/mol. The van der Waals surface area contributed by atoms with Crippen LogP contribution in [0.4, 0.5) is 14.9 Å². The number of aromatic amines is 1. The minimum Gasteiger partial charge on any atom is -0.345 e. The number of imidazole rings is 1. The van der Waals surface area contributed by atoms with Crippen molar-refractivity contribution in [3.63, 3.8) is 0 Å². The SMILES string of the molecule is O=C1NC(=O)N(c2ccc3nc[nH]c3c2)C1c1ccc(-c2csc(Cl)c2)cc1F. The highest BCUT2D eigenvalue weighted by Crippen LogP contribution is 2.36. The van der Waals surface area contributed by atoms with Gasteiger partial charge in [-0.2, -0.15) is 0 Å². The molecule has 0 aliphatic carbocycles. The van der Waals surface area contributed by atoms with Crippen LogP contribution in [0.3, 0.4) is 0 Å². The van der Waals surface area contributed by atoms with Gasteiger partial charge in [-0.25, -0.2) is 14.2 Å². The van der Waals surface area contributed by atoms with Crippen molar-refractivity contribution in [1.29, 1.82) is 0 Å². The molecule has 2 aromatic heterocycles. The summed E-state index contributed by atoms with van der Waals surface area (Å²) in [6.07, 6.45) is 1.54. The van der Waals surface area contributed by atoms with Gasteiger partial charge in [-0.05, 0) is 41.5 Å². The Bertz CT molecular complexity index is 1280. The molecule has 1 aliphatic rings. The maximum Gasteiger partial charge on any atom is 0.329 e. The summed E-state index contributed by atoms with van der Waals surface area (Å²) in [7, 11) is 0. The Morgan fingerprint density at radius 3 is 2.72 bits per heavy atom. The first-order valence-electron chi connectivity index (χ1n) is 8.62. The lowest BCUT2D eigenvalue weighted by Gasteiger charge is -2.22. The molecule has 1 atom stereocenters. The van der Waals surface area contributed by atoms with Crippen molar-refractivity contribution in [3.8, 4) is 11.1 Å². The molecule has 2 N–H and O–H groups in total. The highest BCUT2D eigenvalue weighted by Gasteiger charge is 2.42. The lowest BCUT2D eigenvalue weighted by molar-refractivity contribution is -0.120. The van der Waals surface area contributed by atoms with E-state index in [9.17, 15) is 9.59 Å². The second kappa shape index (κ2) is 6.68. The Morgan fingerprint density at radius 2 is 1.97 bits per heavy atom. The van der Waals surface area contributed by atoms with Crippen molar-refractivity contribution in [2.24, 2.45) is 0 Å². The third kappa shape index (κ3) is 2.97. The van der Waals surface area contributed by atoms with Crippen LogP contribution >= 0.6 is 22.9 Å². The van der Waals surface area contributed by atoms with Crippen molar-refractivity contribution >= 4 is 51.6 Å². The highest BCUT2D eigenvalue weighted by atomic mass is 35.5. The Labute approximate surface area is 172 Å². The topological polar surface area (TPSA) is 78.1 Å². The number of aromatic nitrogens is 2. The lowest BCUT2D eigenvalue weighted by Crippen LogP contribution is -2.30. The van der Waals surface area contributed by atoms with Gasteiger partial charge < -0.3 is 4.98 Å². The van der Waals surface area contributed by atoms with Crippen molar-refractivity contribution in [2.75, 3.05) is 4.90 Å². The minimum absolute atomic E-state index is 0.114. The fourth-order valence-corrected chi connectivity index (χ4v) is 4.37. The molecule has 0 radical (unpaired) electrons. The number of urea groups is 1. The zero-order chi connectivity index (χ0) is 20.1. The molecule has 1 saturated heterocycles. The smallest absolute Gasteiger partial charge is 0.329 e. The fourth-order valence-electron chi connectivity index (χ4n) is 3.48. The number of rotatable bonds is 3. The molecule has 5 rings (SSSR count). The molecule has 1 fully saturated rings. The summed E-state index contributed by atoms with van der Waals surface area (Å²) in [5.41, 5.74) is 3.44. The van der Waals surface area contributed by atoms with Gasteiger partial charge in [0.15, 0.2) is 0 Å². The first-order chi connectivity index (χ1) is 14.0. The second-order valence-electron chi connectivity index (χ2n) is 6.55. The number of nitrogens with zero attached hydrogens (tertiary/aromatic N) is 2. The third-order valence-corrected chi connectivity index (χ3v) is 5.92. The van der Waals surface area contributed by atoms with E-state index in [1.54, 1.807) is 30.3 Å². The number of carbonyl (C=O) groups is 2. The first kappa shape index (κ1) is 17.8. The Hall–Kier alpha value is -3.23. The van der Waals surface area contributed by atoms with E-state index in [0.29, 0.717) is 21.1 Å². The number of fused-ring (bicyclic) bond motifs is 1. The summed E-state index contributed by atoms with van der Waals surface area (Å²) in [4.78, 5) is 33.4. The van der Waals surface area contributed by atoms with Gasteiger partial charge in [-0.1, -0.05) is 23.7 Å². The van der Waals surface area contributed by atoms with E-state index < -0.39 is 23.8 Å². The zero-order valence-electron chi connectivity index (χ0n) is 14.6. The number of amides is 3. The quantitative estimate of drug-likeness (QED) is 0.458. The molecule has 6 nitrogen and oxygen atoms in total. The number of hydrogen-bond acceptors (Lipinski definition) is 4. The Kier molecular flexibility index (Phi) is 4.11. The molecule has 4 aromatic rings. The molecule has 2 aromatic carbocycles. The third-order valence-electron chi connectivity index (χ3n) is 4.83. The standard InChI is InChI=1S/C20H12ClFN4O2S/c21-17-6-11(8-29-17)10-1-3-13(14(22)5-10)18-19(27)25-20(28)26(18)12-2-4-15-16(7-12)24-9-23-15/h1-9,18H,(H,23,24)(H,25,27,28). The van der Waals surface area contributed by atoms with Crippen molar-refractivity contribution < 1.29 is 14.0 Å². The highest BCUT2D eigenvalue weighted by molar-refractivity contribution is 7.14. The molecule has 1 aliphatic heterocycles. The monoisotopic (exact) mass is 426 g/mol. The molecule has 0 saturated carbocycles. The van der Waals surface area contributed by atoms with Crippen molar-refractivity contribution in [3.05, 3.63) is 69.9 Å². The summed E-state index contributed by atoms with van der Waals surface area (Å²) < 4.78 is 15.6. The molecule has 0 bridgehead atoms. The van der Waals surface area contributed by atoms with Gasteiger partial charge in [-0.15, -0.1) is 11.3 Å². The molecule has 1 unspecified atom stereocenters. The molecule has 3 amide bonds. The van der Waals surface area contributed by atoms with Crippen LogP contribution in [-0.2, 0) is 4.79 Å². The number of thiophene rings is 1. The summed E-state index contributed by atoms with van der Waals surface area (Å²) in [5.74, 6) is -1.16. The van der Waals surface area contributed by atoms with E-state index in [4.69, 9.17) is 11.6 Å². The van der Waals surface area contributed by atoms with Crippen LogP contribution in [0.5, 0.6) is 0 Å². The molecule has 29 heavy (non-hydrogen) atoms. The average molecular weight is 427 g/mol. The maximum absolute atomic E-state index is 15.0. The Morgan fingerprint density at radius 1 is 1.10 bits per heavy atom. The first-order valence-corrected chi connectivity index (χ1v) is 9.88. The van der Waals surface area contributed by atoms with Gasteiger partial charge in [0.1, 0.15) is 11.9 Å². The maximum atomic E-state index is 15.0. The van der Waals surface area contributed by atoms with Crippen LogP contribution in [0.1, 0.15) is 11.6 Å². The summed E-state index contributed by atoms with van der Waals surface area (Å²) >= 11 is 7.31. The second-order valence-corrected chi connectivity index (χ2v) is 8.09. The molecule has 144 valence electrons.